The number of hydrogen-bond donors (Lipinski definition) is 0. The number of likely N-dealkylation sites (N-methyl/N-ethyl adjacent to an activating group) is 2. The Balaban J connectivity index is 2.81. The van der Waals surface area contributed by atoms with E-state index in [1.54, 1.807) is 0 Å². The van der Waals surface area contributed by atoms with Crippen LogP contribution >= 0.6 is 15.9 Å². The van der Waals surface area contributed by atoms with Crippen molar-refractivity contribution in [3.8, 4) is 0 Å². The molecule has 0 atom stereocenters. The number of carbonyl (C=O) groups is 1. The van der Waals surface area contributed by atoms with Gasteiger partial charge in [0.05, 0.1) is 0 Å². The van der Waals surface area contributed by atoms with Crippen molar-refractivity contribution in [3.63, 3.8) is 0 Å². The predicted molar refractivity (Wildman–Crippen MR) is 71.4 cm³/mol. The van der Waals surface area contributed by atoms with Gasteiger partial charge in [0, 0.05) is 35.9 Å². The van der Waals surface area contributed by atoms with Gasteiger partial charge in [0.1, 0.15) is 0 Å². The molecule has 4 heteroatoms. The van der Waals surface area contributed by atoms with E-state index < -0.39 is 0 Å². The van der Waals surface area contributed by atoms with Gasteiger partial charge in [0.25, 0.3) is 0 Å². The van der Waals surface area contributed by atoms with E-state index in [4.69, 9.17) is 0 Å². The molecular weight excluding hydrogens is 268 g/mol. The van der Waals surface area contributed by atoms with Crippen molar-refractivity contribution >= 4 is 27.9 Å². The SMILES string of the molecule is CN(C)CCN(C)c1ccc(Br)cc1C=O. The zero-order valence-electron chi connectivity index (χ0n) is 9.90. The number of carbonyl (C=O) groups excluding carboxylic acids is 1. The minimum Gasteiger partial charge on any atom is -0.373 e. The second-order valence-electron chi connectivity index (χ2n) is 4.05. The topological polar surface area (TPSA) is 23.6 Å². The van der Waals surface area contributed by atoms with Gasteiger partial charge in [-0.05, 0) is 32.3 Å². The standard InChI is InChI=1S/C12H17BrN2O/c1-14(2)6-7-15(3)12-5-4-11(13)8-10(12)9-16/h4-5,8-9H,6-7H2,1-3H3. The molecule has 0 radical (unpaired) electrons. The summed E-state index contributed by atoms with van der Waals surface area (Å²) in [6.07, 6.45) is 0.895. The van der Waals surface area contributed by atoms with E-state index in [9.17, 15) is 4.79 Å². The third-order valence-corrected chi connectivity index (χ3v) is 2.90. The maximum Gasteiger partial charge on any atom is 0.152 e. The quantitative estimate of drug-likeness (QED) is 0.775. The van der Waals surface area contributed by atoms with Gasteiger partial charge >= 0.3 is 0 Å². The summed E-state index contributed by atoms with van der Waals surface area (Å²) in [6.45, 7) is 1.86. The Morgan fingerprint density at radius 3 is 2.50 bits per heavy atom. The first-order valence-electron chi connectivity index (χ1n) is 5.15. The van der Waals surface area contributed by atoms with Gasteiger partial charge in [0.2, 0.25) is 0 Å². The van der Waals surface area contributed by atoms with Crippen molar-refractivity contribution in [2.75, 3.05) is 39.1 Å². The summed E-state index contributed by atoms with van der Waals surface area (Å²) < 4.78 is 0.930. The molecule has 88 valence electrons. The van der Waals surface area contributed by atoms with Crippen molar-refractivity contribution < 1.29 is 4.79 Å². The van der Waals surface area contributed by atoms with E-state index in [1.807, 2.05) is 39.3 Å². The molecule has 0 spiro atoms. The lowest BCUT2D eigenvalue weighted by Gasteiger charge is -2.23. The van der Waals surface area contributed by atoms with E-state index in [0.717, 1.165) is 35.1 Å². The molecule has 0 saturated carbocycles. The molecule has 0 bridgehead atoms. The van der Waals surface area contributed by atoms with Gasteiger partial charge in [-0.3, -0.25) is 4.79 Å². The van der Waals surface area contributed by atoms with Crippen LogP contribution in [0.5, 0.6) is 0 Å². The van der Waals surface area contributed by atoms with Gasteiger partial charge in [-0.2, -0.15) is 0 Å². The molecule has 0 saturated heterocycles. The molecule has 0 aliphatic rings. The van der Waals surface area contributed by atoms with Crippen molar-refractivity contribution in [2.45, 2.75) is 0 Å². The van der Waals surface area contributed by atoms with E-state index in [2.05, 4.69) is 25.7 Å². The molecule has 0 unspecified atom stereocenters. The first kappa shape index (κ1) is 13.2. The zero-order valence-corrected chi connectivity index (χ0v) is 11.5. The number of anilines is 1. The highest BCUT2D eigenvalue weighted by Gasteiger charge is 2.07. The number of rotatable bonds is 5. The number of aldehydes is 1. The molecule has 0 aliphatic heterocycles. The normalized spacial score (nSPS) is 10.6. The van der Waals surface area contributed by atoms with Crippen molar-refractivity contribution in [2.24, 2.45) is 0 Å². The van der Waals surface area contributed by atoms with Crippen molar-refractivity contribution in [3.05, 3.63) is 28.2 Å². The average molecular weight is 285 g/mol. The molecule has 1 aromatic rings. The summed E-state index contributed by atoms with van der Waals surface area (Å²) >= 11 is 3.36. The van der Waals surface area contributed by atoms with E-state index in [0.29, 0.717) is 0 Å². The first-order chi connectivity index (χ1) is 7.54. The summed E-state index contributed by atoms with van der Waals surface area (Å²) in [7, 11) is 6.08. The third kappa shape index (κ3) is 3.61. The predicted octanol–water partition coefficient (Wildman–Crippen LogP) is 2.26. The van der Waals surface area contributed by atoms with Crippen LogP contribution in [0.3, 0.4) is 0 Å². The van der Waals surface area contributed by atoms with E-state index >= 15 is 0 Å². The Kier molecular flexibility index (Phi) is 4.96. The number of benzene rings is 1. The second kappa shape index (κ2) is 6.01. The van der Waals surface area contributed by atoms with Gasteiger partial charge in [0.15, 0.2) is 6.29 Å². The van der Waals surface area contributed by atoms with Crippen LogP contribution in [0.25, 0.3) is 0 Å². The molecule has 0 heterocycles. The maximum atomic E-state index is 11.0. The number of nitrogens with zero attached hydrogens (tertiary/aromatic N) is 2. The Morgan fingerprint density at radius 2 is 1.94 bits per heavy atom. The fourth-order valence-corrected chi connectivity index (χ4v) is 1.82. The summed E-state index contributed by atoms with van der Waals surface area (Å²) in [4.78, 5) is 15.2. The van der Waals surface area contributed by atoms with Gasteiger partial charge in [-0.25, -0.2) is 0 Å². The number of halogens is 1. The summed E-state index contributed by atoms with van der Waals surface area (Å²) in [6, 6.07) is 5.76. The molecule has 1 aromatic carbocycles. The van der Waals surface area contributed by atoms with Gasteiger partial charge in [-0.15, -0.1) is 0 Å². The Labute approximate surface area is 105 Å². The lowest BCUT2D eigenvalue weighted by atomic mass is 10.2. The fourth-order valence-electron chi connectivity index (χ4n) is 1.44. The van der Waals surface area contributed by atoms with Crippen LogP contribution in [-0.2, 0) is 0 Å². The van der Waals surface area contributed by atoms with Crippen LogP contribution in [0, 0.1) is 0 Å². The van der Waals surface area contributed by atoms with Crippen LogP contribution < -0.4 is 4.90 Å². The molecule has 16 heavy (non-hydrogen) atoms. The van der Waals surface area contributed by atoms with Crippen molar-refractivity contribution in [1.82, 2.24) is 4.90 Å². The molecular formula is C12H17BrN2O. The van der Waals surface area contributed by atoms with Crippen LogP contribution in [0.4, 0.5) is 5.69 Å². The number of hydrogen-bond acceptors (Lipinski definition) is 3. The summed E-state index contributed by atoms with van der Waals surface area (Å²) in [5.41, 5.74) is 1.69. The molecule has 0 N–H and O–H groups in total. The third-order valence-electron chi connectivity index (χ3n) is 2.41. The van der Waals surface area contributed by atoms with E-state index in [1.165, 1.54) is 0 Å². The van der Waals surface area contributed by atoms with Gasteiger partial charge in [-0.1, -0.05) is 15.9 Å². The smallest absolute Gasteiger partial charge is 0.152 e. The molecule has 0 aromatic heterocycles. The van der Waals surface area contributed by atoms with Crippen molar-refractivity contribution in [1.29, 1.82) is 0 Å². The highest BCUT2D eigenvalue weighted by Crippen LogP contribution is 2.22. The van der Waals surface area contributed by atoms with Crippen LogP contribution in [0.2, 0.25) is 0 Å². The van der Waals surface area contributed by atoms with Crippen LogP contribution in [0.15, 0.2) is 22.7 Å². The van der Waals surface area contributed by atoms with Crippen LogP contribution in [-0.4, -0.2) is 45.4 Å². The Morgan fingerprint density at radius 1 is 1.25 bits per heavy atom. The molecule has 0 amide bonds. The summed E-state index contributed by atoms with van der Waals surface area (Å²) in [5.74, 6) is 0. The van der Waals surface area contributed by atoms with Crippen LogP contribution in [0.1, 0.15) is 10.4 Å². The first-order valence-corrected chi connectivity index (χ1v) is 5.94. The largest absolute Gasteiger partial charge is 0.373 e. The minimum absolute atomic E-state index is 0.718. The Hall–Kier alpha value is -0.870. The fraction of sp³-hybridized carbons (Fsp3) is 0.417. The Bertz CT molecular complexity index is 366. The summed E-state index contributed by atoms with van der Waals surface area (Å²) in [5, 5.41) is 0. The average Bonchev–Trinajstić information content (AvgIpc) is 2.25. The maximum absolute atomic E-state index is 11.0. The van der Waals surface area contributed by atoms with Gasteiger partial charge < -0.3 is 9.80 Å². The zero-order chi connectivity index (χ0) is 12.1. The molecule has 0 aliphatic carbocycles. The lowest BCUT2D eigenvalue weighted by Crippen LogP contribution is -2.29. The molecule has 3 nitrogen and oxygen atoms in total. The minimum atomic E-state index is 0.718. The highest BCUT2D eigenvalue weighted by atomic mass is 79.9. The monoisotopic (exact) mass is 284 g/mol. The highest BCUT2D eigenvalue weighted by molar-refractivity contribution is 9.10. The second-order valence-corrected chi connectivity index (χ2v) is 4.96. The lowest BCUT2D eigenvalue weighted by molar-refractivity contribution is 0.112. The van der Waals surface area contributed by atoms with E-state index in [-0.39, 0.29) is 0 Å². The molecule has 1 rings (SSSR count). The molecule has 0 fully saturated rings.